The molecule has 0 saturated heterocycles. The molecule has 0 aromatic carbocycles. The molecule has 1 fully saturated rings. The first-order valence-corrected chi connectivity index (χ1v) is 4.57. The van der Waals surface area contributed by atoms with Crippen molar-refractivity contribution in [2.75, 3.05) is 0 Å². The van der Waals surface area contributed by atoms with E-state index in [1.807, 2.05) is 0 Å². The second kappa shape index (κ2) is 4.29. The molecule has 1 rings (SSSR count). The van der Waals surface area contributed by atoms with Gasteiger partial charge in [0.15, 0.2) is 0 Å². The van der Waals surface area contributed by atoms with Crippen LogP contribution in [0, 0.1) is 5.92 Å². The molecule has 0 spiro atoms. The minimum Gasteiger partial charge on any atom is -0.459 e. The molecule has 1 saturated carbocycles. The Labute approximate surface area is 73.6 Å². The molecule has 2 nitrogen and oxygen atoms in total. The van der Waals surface area contributed by atoms with Crippen LogP contribution in [0.2, 0.25) is 0 Å². The molecule has 0 heterocycles. The number of hydrogen-bond acceptors (Lipinski definition) is 2. The van der Waals surface area contributed by atoms with E-state index in [0.29, 0.717) is 5.92 Å². The van der Waals surface area contributed by atoms with Gasteiger partial charge in [-0.2, -0.15) is 0 Å². The third kappa shape index (κ3) is 2.36. The lowest BCUT2D eigenvalue weighted by Gasteiger charge is -2.27. The average molecular weight is 168 g/mol. The van der Waals surface area contributed by atoms with Gasteiger partial charge in [-0.3, -0.25) is 0 Å². The molecule has 12 heavy (non-hydrogen) atoms. The molecular formula is C10H16O2. The number of carbonyl (C=O) groups is 1. The molecular weight excluding hydrogens is 152 g/mol. The fourth-order valence-corrected chi connectivity index (χ4v) is 1.65. The van der Waals surface area contributed by atoms with Gasteiger partial charge in [-0.15, -0.1) is 0 Å². The summed E-state index contributed by atoms with van der Waals surface area (Å²) in [5, 5.41) is 0. The zero-order valence-corrected chi connectivity index (χ0v) is 7.58. The van der Waals surface area contributed by atoms with Gasteiger partial charge in [-0.25, -0.2) is 4.79 Å². The Bertz CT molecular complexity index is 175. The van der Waals surface area contributed by atoms with Gasteiger partial charge in [0, 0.05) is 6.08 Å². The molecule has 1 aliphatic carbocycles. The van der Waals surface area contributed by atoms with E-state index in [4.69, 9.17) is 4.74 Å². The maximum atomic E-state index is 10.9. The van der Waals surface area contributed by atoms with Crippen LogP contribution in [-0.4, -0.2) is 12.1 Å². The molecule has 1 aliphatic rings. The largest absolute Gasteiger partial charge is 0.459 e. The highest BCUT2D eigenvalue weighted by atomic mass is 16.5. The van der Waals surface area contributed by atoms with E-state index in [0.717, 1.165) is 6.42 Å². The van der Waals surface area contributed by atoms with E-state index in [2.05, 4.69) is 13.5 Å². The van der Waals surface area contributed by atoms with Crippen molar-refractivity contribution in [3.8, 4) is 0 Å². The van der Waals surface area contributed by atoms with Crippen LogP contribution in [0.25, 0.3) is 0 Å². The zero-order chi connectivity index (χ0) is 8.97. The first-order valence-electron chi connectivity index (χ1n) is 4.57. The molecule has 2 heteroatoms. The van der Waals surface area contributed by atoms with Crippen LogP contribution in [0.4, 0.5) is 0 Å². The highest BCUT2D eigenvalue weighted by molar-refractivity contribution is 5.81. The second-order valence-corrected chi connectivity index (χ2v) is 3.44. The Balaban J connectivity index is 2.38. The SMILES string of the molecule is C=CC(=O)O[C@@H]1CCCC[C@@H]1C. The Morgan fingerprint density at radius 3 is 2.75 bits per heavy atom. The van der Waals surface area contributed by atoms with E-state index < -0.39 is 0 Å². The Kier molecular flexibility index (Phi) is 3.32. The fourth-order valence-electron chi connectivity index (χ4n) is 1.65. The third-order valence-electron chi connectivity index (χ3n) is 2.47. The lowest BCUT2D eigenvalue weighted by atomic mass is 9.88. The number of rotatable bonds is 2. The molecule has 0 bridgehead atoms. The van der Waals surface area contributed by atoms with Crippen molar-refractivity contribution in [2.45, 2.75) is 38.7 Å². The Morgan fingerprint density at radius 2 is 2.17 bits per heavy atom. The first kappa shape index (κ1) is 9.30. The Hall–Kier alpha value is -0.790. The summed E-state index contributed by atoms with van der Waals surface area (Å²) in [5.41, 5.74) is 0. The normalized spacial score (nSPS) is 29.4. The monoisotopic (exact) mass is 168 g/mol. The summed E-state index contributed by atoms with van der Waals surface area (Å²) in [6.45, 7) is 5.52. The van der Waals surface area contributed by atoms with Crippen molar-refractivity contribution in [1.29, 1.82) is 0 Å². The molecule has 0 N–H and O–H groups in total. The van der Waals surface area contributed by atoms with Crippen molar-refractivity contribution >= 4 is 5.97 Å². The maximum absolute atomic E-state index is 10.9. The van der Waals surface area contributed by atoms with Crippen LogP contribution in [0.3, 0.4) is 0 Å². The molecule has 0 amide bonds. The average Bonchev–Trinajstić information content (AvgIpc) is 2.09. The van der Waals surface area contributed by atoms with Crippen LogP contribution >= 0.6 is 0 Å². The van der Waals surface area contributed by atoms with E-state index >= 15 is 0 Å². The summed E-state index contributed by atoms with van der Waals surface area (Å²) < 4.78 is 5.20. The highest BCUT2D eigenvalue weighted by Crippen LogP contribution is 2.26. The predicted molar refractivity (Wildman–Crippen MR) is 47.7 cm³/mol. The number of hydrogen-bond donors (Lipinski definition) is 0. The van der Waals surface area contributed by atoms with Crippen molar-refractivity contribution in [3.63, 3.8) is 0 Å². The molecule has 0 aromatic heterocycles. The van der Waals surface area contributed by atoms with Crippen LogP contribution in [0.15, 0.2) is 12.7 Å². The van der Waals surface area contributed by atoms with E-state index in [-0.39, 0.29) is 12.1 Å². The predicted octanol–water partition coefficient (Wildman–Crippen LogP) is 2.29. The van der Waals surface area contributed by atoms with Gasteiger partial charge >= 0.3 is 5.97 Å². The lowest BCUT2D eigenvalue weighted by molar-refractivity contribution is -0.147. The molecule has 0 aromatic rings. The summed E-state index contributed by atoms with van der Waals surface area (Å²) in [6.07, 6.45) is 6.00. The zero-order valence-electron chi connectivity index (χ0n) is 7.58. The smallest absolute Gasteiger partial charge is 0.330 e. The fraction of sp³-hybridized carbons (Fsp3) is 0.700. The molecule has 68 valence electrons. The summed E-state index contributed by atoms with van der Waals surface area (Å²) in [6, 6.07) is 0. The van der Waals surface area contributed by atoms with Gasteiger partial charge in [-0.1, -0.05) is 19.9 Å². The standard InChI is InChI=1S/C10H16O2/c1-3-10(11)12-9-7-5-4-6-8(9)2/h3,8-9H,1,4-7H2,2H3/t8-,9+/m0/s1. The summed E-state index contributed by atoms with van der Waals surface area (Å²) in [7, 11) is 0. The number of ether oxygens (including phenoxy) is 1. The van der Waals surface area contributed by atoms with Crippen molar-refractivity contribution < 1.29 is 9.53 Å². The van der Waals surface area contributed by atoms with E-state index in [9.17, 15) is 4.79 Å². The van der Waals surface area contributed by atoms with Crippen LogP contribution in [0.5, 0.6) is 0 Å². The van der Waals surface area contributed by atoms with E-state index in [1.165, 1.54) is 25.3 Å². The third-order valence-corrected chi connectivity index (χ3v) is 2.47. The van der Waals surface area contributed by atoms with Gasteiger partial charge < -0.3 is 4.74 Å². The van der Waals surface area contributed by atoms with Crippen LogP contribution in [-0.2, 0) is 9.53 Å². The number of carbonyl (C=O) groups excluding carboxylic acids is 1. The van der Waals surface area contributed by atoms with Gasteiger partial charge in [0.2, 0.25) is 0 Å². The Morgan fingerprint density at radius 1 is 1.50 bits per heavy atom. The maximum Gasteiger partial charge on any atom is 0.330 e. The second-order valence-electron chi connectivity index (χ2n) is 3.44. The van der Waals surface area contributed by atoms with Crippen LogP contribution in [0.1, 0.15) is 32.6 Å². The van der Waals surface area contributed by atoms with Gasteiger partial charge in [-0.05, 0) is 25.2 Å². The molecule has 0 unspecified atom stereocenters. The van der Waals surface area contributed by atoms with Gasteiger partial charge in [0.1, 0.15) is 6.10 Å². The first-order chi connectivity index (χ1) is 5.74. The van der Waals surface area contributed by atoms with Gasteiger partial charge in [0.25, 0.3) is 0 Å². The van der Waals surface area contributed by atoms with Crippen molar-refractivity contribution in [2.24, 2.45) is 5.92 Å². The van der Waals surface area contributed by atoms with Crippen LogP contribution < -0.4 is 0 Å². The summed E-state index contributed by atoms with van der Waals surface area (Å²) in [5.74, 6) is 0.233. The topological polar surface area (TPSA) is 26.3 Å². The highest BCUT2D eigenvalue weighted by Gasteiger charge is 2.23. The molecule has 2 atom stereocenters. The summed E-state index contributed by atoms with van der Waals surface area (Å²) in [4.78, 5) is 10.9. The van der Waals surface area contributed by atoms with E-state index in [1.54, 1.807) is 0 Å². The number of esters is 1. The molecule has 0 radical (unpaired) electrons. The van der Waals surface area contributed by atoms with Crippen molar-refractivity contribution in [1.82, 2.24) is 0 Å². The van der Waals surface area contributed by atoms with Gasteiger partial charge in [0.05, 0.1) is 0 Å². The quantitative estimate of drug-likeness (QED) is 0.467. The molecule has 0 aliphatic heterocycles. The minimum atomic E-state index is -0.284. The minimum absolute atomic E-state index is 0.129. The summed E-state index contributed by atoms with van der Waals surface area (Å²) >= 11 is 0. The van der Waals surface area contributed by atoms with Crippen molar-refractivity contribution in [3.05, 3.63) is 12.7 Å². The lowest BCUT2D eigenvalue weighted by Crippen LogP contribution is -2.27.